The van der Waals surface area contributed by atoms with Crippen molar-refractivity contribution >= 4 is 0 Å². The zero-order valence-electron chi connectivity index (χ0n) is 26.3. The first kappa shape index (κ1) is 26.9. The third kappa shape index (κ3) is 3.90. The van der Waals surface area contributed by atoms with E-state index in [4.69, 9.17) is 0 Å². The summed E-state index contributed by atoms with van der Waals surface area (Å²) in [6.07, 6.45) is 0.946. The van der Waals surface area contributed by atoms with Crippen molar-refractivity contribution in [2.75, 3.05) is 0 Å². The molecule has 0 saturated heterocycles. The van der Waals surface area contributed by atoms with E-state index < -0.39 is 0 Å². The van der Waals surface area contributed by atoms with Crippen LogP contribution < -0.4 is 0 Å². The summed E-state index contributed by atoms with van der Waals surface area (Å²) in [5.41, 5.74) is 20.3. The highest BCUT2D eigenvalue weighted by Crippen LogP contribution is 2.56. The molecule has 0 aliphatic heterocycles. The molecule has 0 radical (unpaired) electrons. The Morgan fingerprint density at radius 2 is 1.02 bits per heavy atom. The molecule has 2 aliphatic carbocycles. The van der Waals surface area contributed by atoms with E-state index in [0.29, 0.717) is 0 Å². The molecule has 8 rings (SSSR count). The predicted octanol–water partition coefficient (Wildman–Crippen LogP) is 11.5. The number of hydrogen-bond donors (Lipinski definition) is 0. The van der Waals surface area contributed by atoms with Crippen LogP contribution in [0.3, 0.4) is 0 Å². The highest BCUT2D eigenvalue weighted by molar-refractivity contribution is 5.90. The third-order valence-electron chi connectivity index (χ3n) is 10.5. The summed E-state index contributed by atoms with van der Waals surface area (Å²) in [7, 11) is 0. The third-order valence-corrected chi connectivity index (χ3v) is 10.5. The molecular weight excluding hydrogens is 528 g/mol. The van der Waals surface area contributed by atoms with E-state index in [0.717, 1.165) is 6.42 Å². The fraction of sp³-hybridized carbons (Fsp3) is 0.182. The maximum Gasteiger partial charge on any atom is 0.0227 e. The van der Waals surface area contributed by atoms with Gasteiger partial charge in [0.15, 0.2) is 0 Å². The lowest BCUT2D eigenvalue weighted by molar-refractivity contribution is 0.583. The minimum atomic E-state index is -0.150. The van der Waals surface area contributed by atoms with E-state index >= 15 is 0 Å². The van der Waals surface area contributed by atoms with Crippen LogP contribution in [0.4, 0.5) is 0 Å². The van der Waals surface area contributed by atoms with E-state index in [2.05, 4.69) is 162 Å². The van der Waals surface area contributed by atoms with Gasteiger partial charge in [0.2, 0.25) is 0 Å². The molecule has 0 heteroatoms. The van der Waals surface area contributed by atoms with Crippen LogP contribution in [0.25, 0.3) is 44.5 Å². The summed E-state index contributed by atoms with van der Waals surface area (Å²) in [5.74, 6) is 0. The van der Waals surface area contributed by atoms with Crippen molar-refractivity contribution in [3.05, 3.63) is 166 Å². The highest BCUT2D eigenvalue weighted by atomic mass is 14.5. The van der Waals surface area contributed by atoms with Gasteiger partial charge in [0.05, 0.1) is 0 Å². The summed E-state index contributed by atoms with van der Waals surface area (Å²) in [6.45, 7) is 11.6. The molecule has 0 amide bonds. The molecule has 0 aromatic heterocycles. The number of hydrogen-bond acceptors (Lipinski definition) is 0. The van der Waals surface area contributed by atoms with Crippen LogP contribution in [0.2, 0.25) is 0 Å². The topological polar surface area (TPSA) is 0 Å². The standard InChI is InChI=1S/C44H38/c1-28-16-20-30(21-17-28)32-24-25-36-35-11-6-7-14-38(35)44(5,40(36)26-32)27-33-10-8-15-39-41(33)37-13-9-12-34(42(37)43(39,3)4)31-22-18-29(2)19-23-31/h6-26H,27H2,1-5H3. The molecule has 0 N–H and O–H groups in total. The maximum absolute atomic E-state index is 2.47. The highest BCUT2D eigenvalue weighted by Gasteiger charge is 2.43. The molecule has 0 heterocycles. The Hall–Kier alpha value is -4.68. The largest absolute Gasteiger partial charge is 0.0619 e. The van der Waals surface area contributed by atoms with E-state index in [1.165, 1.54) is 83.5 Å². The molecule has 0 spiro atoms. The van der Waals surface area contributed by atoms with Crippen molar-refractivity contribution in [1.29, 1.82) is 0 Å². The Kier molecular flexibility index (Phi) is 5.91. The summed E-state index contributed by atoms with van der Waals surface area (Å²) in [6, 6.07) is 48.1. The molecule has 0 bridgehead atoms. The molecule has 0 fully saturated rings. The first-order valence-electron chi connectivity index (χ1n) is 15.9. The Balaban J connectivity index is 1.30. The molecule has 0 saturated carbocycles. The Morgan fingerprint density at radius 1 is 0.455 bits per heavy atom. The minimum Gasteiger partial charge on any atom is -0.0619 e. The average molecular weight is 567 g/mol. The number of fused-ring (bicyclic) bond motifs is 6. The lowest BCUT2D eigenvalue weighted by atomic mass is 9.73. The summed E-state index contributed by atoms with van der Waals surface area (Å²) < 4.78 is 0. The van der Waals surface area contributed by atoms with Gasteiger partial charge in [0, 0.05) is 10.8 Å². The number of benzene rings is 6. The zero-order chi connectivity index (χ0) is 30.2. The van der Waals surface area contributed by atoms with Crippen molar-refractivity contribution in [2.45, 2.75) is 51.9 Å². The van der Waals surface area contributed by atoms with Gasteiger partial charge in [-0.15, -0.1) is 0 Å². The number of rotatable bonds is 4. The fourth-order valence-corrected chi connectivity index (χ4v) is 8.21. The van der Waals surface area contributed by atoms with E-state index in [1.54, 1.807) is 0 Å². The summed E-state index contributed by atoms with van der Waals surface area (Å²) in [5, 5.41) is 0. The van der Waals surface area contributed by atoms with Gasteiger partial charge in [-0.1, -0.05) is 153 Å². The molecule has 0 nitrogen and oxygen atoms in total. The average Bonchev–Trinajstić information content (AvgIpc) is 3.43. The smallest absolute Gasteiger partial charge is 0.0227 e. The molecular formula is C44H38. The summed E-state index contributed by atoms with van der Waals surface area (Å²) in [4.78, 5) is 0. The second-order valence-electron chi connectivity index (χ2n) is 13.7. The van der Waals surface area contributed by atoms with Crippen LogP contribution in [0.5, 0.6) is 0 Å². The van der Waals surface area contributed by atoms with Gasteiger partial charge in [-0.05, 0) is 98.7 Å². The van der Waals surface area contributed by atoms with Gasteiger partial charge in [-0.3, -0.25) is 0 Å². The van der Waals surface area contributed by atoms with Crippen molar-refractivity contribution in [3.63, 3.8) is 0 Å². The lowest BCUT2D eigenvalue weighted by Gasteiger charge is -2.29. The van der Waals surface area contributed by atoms with Gasteiger partial charge >= 0.3 is 0 Å². The van der Waals surface area contributed by atoms with Crippen molar-refractivity contribution < 1.29 is 0 Å². The molecule has 44 heavy (non-hydrogen) atoms. The van der Waals surface area contributed by atoms with Gasteiger partial charge in [-0.2, -0.15) is 0 Å². The van der Waals surface area contributed by atoms with Crippen LogP contribution in [0.15, 0.2) is 127 Å². The fourth-order valence-electron chi connectivity index (χ4n) is 8.21. The molecule has 6 aromatic carbocycles. The van der Waals surface area contributed by atoms with Crippen LogP contribution in [0, 0.1) is 13.8 Å². The SMILES string of the molecule is Cc1ccc(-c2ccc3c(c2)C(C)(Cc2cccc4c2-c2cccc(-c5ccc(C)cc5)c2C4(C)C)c2ccccc2-3)cc1. The van der Waals surface area contributed by atoms with E-state index in [9.17, 15) is 0 Å². The summed E-state index contributed by atoms with van der Waals surface area (Å²) >= 11 is 0. The quantitative estimate of drug-likeness (QED) is 0.199. The molecule has 6 aromatic rings. The Morgan fingerprint density at radius 3 is 1.77 bits per heavy atom. The molecule has 214 valence electrons. The van der Waals surface area contributed by atoms with E-state index in [1.807, 2.05) is 0 Å². The Labute approximate surface area is 262 Å². The Bertz CT molecular complexity index is 2070. The van der Waals surface area contributed by atoms with Crippen LogP contribution in [-0.4, -0.2) is 0 Å². The van der Waals surface area contributed by atoms with Crippen molar-refractivity contribution in [3.8, 4) is 44.5 Å². The van der Waals surface area contributed by atoms with Crippen molar-refractivity contribution in [1.82, 2.24) is 0 Å². The normalized spacial score (nSPS) is 17.1. The van der Waals surface area contributed by atoms with E-state index in [-0.39, 0.29) is 10.8 Å². The van der Waals surface area contributed by atoms with Gasteiger partial charge in [0.1, 0.15) is 0 Å². The first-order valence-corrected chi connectivity index (χ1v) is 15.9. The van der Waals surface area contributed by atoms with Crippen LogP contribution in [0.1, 0.15) is 59.7 Å². The second-order valence-corrected chi connectivity index (χ2v) is 13.7. The minimum absolute atomic E-state index is 0.0901. The lowest BCUT2D eigenvalue weighted by Crippen LogP contribution is -2.24. The number of aryl methyl sites for hydroxylation is 2. The van der Waals surface area contributed by atoms with Gasteiger partial charge in [0.25, 0.3) is 0 Å². The van der Waals surface area contributed by atoms with Gasteiger partial charge < -0.3 is 0 Å². The van der Waals surface area contributed by atoms with Crippen molar-refractivity contribution in [2.24, 2.45) is 0 Å². The monoisotopic (exact) mass is 566 g/mol. The van der Waals surface area contributed by atoms with Crippen LogP contribution in [-0.2, 0) is 17.3 Å². The molecule has 1 atom stereocenters. The maximum atomic E-state index is 2.47. The first-order chi connectivity index (χ1) is 21.3. The predicted molar refractivity (Wildman–Crippen MR) is 186 cm³/mol. The molecule has 2 aliphatic rings. The zero-order valence-corrected chi connectivity index (χ0v) is 26.3. The van der Waals surface area contributed by atoms with Gasteiger partial charge in [-0.25, -0.2) is 0 Å². The van der Waals surface area contributed by atoms with Crippen LogP contribution >= 0.6 is 0 Å². The molecule has 1 unspecified atom stereocenters. The second kappa shape index (κ2) is 9.66.